The molecule has 1 N–H and O–H groups in total. The fourth-order valence-corrected chi connectivity index (χ4v) is 10.5. The van der Waals surface area contributed by atoms with Crippen molar-refractivity contribution in [3.8, 4) is 0 Å². The van der Waals surface area contributed by atoms with Crippen LogP contribution in [0.2, 0.25) is 0 Å². The lowest BCUT2D eigenvalue weighted by Crippen LogP contribution is -2.28. The van der Waals surface area contributed by atoms with Gasteiger partial charge in [0.2, 0.25) is 0 Å². The van der Waals surface area contributed by atoms with Gasteiger partial charge in [0.1, 0.15) is 6.61 Å². The summed E-state index contributed by atoms with van der Waals surface area (Å²) in [6.07, 6.45) is 106. The first-order valence-corrected chi connectivity index (χ1v) is 35.9. The minimum absolute atomic E-state index is 0.0925. The molecule has 0 bridgehead atoms. The molecule has 0 aliphatic carbocycles. The summed E-state index contributed by atoms with van der Waals surface area (Å²) in [5.41, 5.74) is 0. The van der Waals surface area contributed by atoms with Gasteiger partial charge in [-0.05, 0) is 77.0 Å². The van der Waals surface area contributed by atoms with Crippen molar-refractivity contribution in [2.24, 2.45) is 0 Å². The Bertz CT molecular complexity index is 1590. The minimum atomic E-state index is -0.811. The van der Waals surface area contributed by atoms with Crippen molar-refractivity contribution in [3.63, 3.8) is 0 Å². The van der Waals surface area contributed by atoms with Crippen molar-refractivity contribution in [3.05, 3.63) is 109 Å². The van der Waals surface area contributed by atoms with Gasteiger partial charge < -0.3 is 14.6 Å². The van der Waals surface area contributed by atoms with Gasteiger partial charge in [-0.3, -0.25) is 9.59 Å². The van der Waals surface area contributed by atoms with Crippen LogP contribution in [0.1, 0.15) is 354 Å². The zero-order valence-electron chi connectivity index (χ0n) is 54.9. The van der Waals surface area contributed by atoms with Crippen LogP contribution in [0.15, 0.2) is 109 Å². The molecule has 478 valence electrons. The van der Waals surface area contributed by atoms with Crippen LogP contribution in [-0.4, -0.2) is 36.4 Å². The molecule has 0 saturated carbocycles. The molecule has 0 aromatic heterocycles. The van der Waals surface area contributed by atoms with E-state index in [0.29, 0.717) is 12.8 Å². The average molecular weight is 1150 g/mol. The molecule has 0 saturated heterocycles. The highest BCUT2D eigenvalue weighted by atomic mass is 16.6. The summed E-state index contributed by atoms with van der Waals surface area (Å²) in [7, 11) is 0. The second-order valence-corrected chi connectivity index (χ2v) is 23.9. The summed E-state index contributed by atoms with van der Waals surface area (Å²) < 4.78 is 10.7. The Morgan fingerprint density at radius 1 is 0.289 bits per heavy atom. The van der Waals surface area contributed by atoms with Gasteiger partial charge in [0, 0.05) is 12.8 Å². The number of carbonyl (C=O) groups excluding carboxylic acids is 2. The molecular formula is C78H136O5. The van der Waals surface area contributed by atoms with Gasteiger partial charge in [0.15, 0.2) is 6.10 Å². The zero-order chi connectivity index (χ0) is 59.8. The summed E-state index contributed by atoms with van der Waals surface area (Å²) in [4.78, 5) is 24.6. The number of aliphatic hydroxyl groups excluding tert-OH is 1. The normalized spacial score (nSPS) is 12.9. The molecule has 0 amide bonds. The third-order valence-corrected chi connectivity index (χ3v) is 15.8. The summed E-state index contributed by atoms with van der Waals surface area (Å²) in [6.45, 7) is 4.02. The summed E-state index contributed by atoms with van der Waals surface area (Å²) in [5.74, 6) is -0.654. The van der Waals surface area contributed by atoms with Gasteiger partial charge in [0.05, 0.1) is 6.61 Å². The molecular weight excluding hydrogens is 1020 g/mol. The molecule has 5 heteroatoms. The van der Waals surface area contributed by atoms with E-state index in [1.807, 2.05) is 0 Å². The topological polar surface area (TPSA) is 72.8 Å². The summed E-state index contributed by atoms with van der Waals surface area (Å²) in [6, 6.07) is 0. The fraction of sp³-hybridized carbons (Fsp3) is 0.744. The second kappa shape index (κ2) is 72.8. The number of rotatable bonds is 66. The number of hydrogen-bond acceptors (Lipinski definition) is 5. The SMILES string of the molecule is CC/C=C\C/C=C\C/C=C\C/C=C\C/C=C\C/C=C\C/C=C\C/C=C\C/C=C\CCCC(=O)OC(CO)COC(=O)CCCCCCCCCCCCCCCCCCCCCCCCCCCCCCCCCCCCCCCCCC. The molecule has 0 spiro atoms. The second-order valence-electron chi connectivity index (χ2n) is 23.9. The highest BCUT2D eigenvalue weighted by molar-refractivity contribution is 5.70. The number of carbonyl (C=O) groups is 2. The van der Waals surface area contributed by atoms with Crippen LogP contribution in [0.3, 0.4) is 0 Å². The molecule has 0 aliphatic heterocycles. The van der Waals surface area contributed by atoms with Gasteiger partial charge in [-0.25, -0.2) is 0 Å². The lowest BCUT2D eigenvalue weighted by atomic mass is 10.0. The van der Waals surface area contributed by atoms with Crippen LogP contribution in [0, 0.1) is 0 Å². The van der Waals surface area contributed by atoms with Crippen molar-refractivity contribution in [1.29, 1.82) is 0 Å². The number of aliphatic hydroxyl groups is 1. The van der Waals surface area contributed by atoms with Crippen LogP contribution >= 0.6 is 0 Å². The van der Waals surface area contributed by atoms with Crippen molar-refractivity contribution >= 4 is 11.9 Å². The fourth-order valence-electron chi connectivity index (χ4n) is 10.5. The highest BCUT2D eigenvalue weighted by Gasteiger charge is 2.16. The Morgan fingerprint density at radius 2 is 0.518 bits per heavy atom. The monoisotopic (exact) mass is 1150 g/mol. The quantitative estimate of drug-likeness (QED) is 0.0373. The maximum absolute atomic E-state index is 12.3. The largest absolute Gasteiger partial charge is 0.462 e. The standard InChI is InChI=1S/C78H136O5/c1-3-5-7-9-11-13-15-17-19-21-23-25-27-29-31-33-34-35-36-37-38-39-40-41-42-43-45-46-48-50-52-54-56-58-60-62-64-66-68-70-72-77(80)82-75-76(74-79)83-78(81)73-71-69-67-65-63-61-59-57-55-53-51-49-47-44-32-30-28-26-24-22-20-18-16-14-12-10-8-6-4-2/h6,8,12,14,18,20,24,26,30,32,47,49,53,55,59,61,65,67,76,79H,3-5,7,9-11,13,15-17,19,21-23,25,27-29,31,33-46,48,50-52,54,56-58,60,62-64,66,68-75H2,1-2H3/b8-6-,14-12-,20-18-,26-24-,32-30-,49-47-,55-53-,61-59-,67-65-. The molecule has 0 fully saturated rings. The Labute approximate surface area is 516 Å². The molecule has 0 aromatic carbocycles. The predicted molar refractivity (Wildman–Crippen MR) is 366 cm³/mol. The van der Waals surface area contributed by atoms with E-state index in [9.17, 15) is 14.7 Å². The third-order valence-electron chi connectivity index (χ3n) is 15.8. The van der Waals surface area contributed by atoms with E-state index in [0.717, 1.165) is 83.5 Å². The number of unbranched alkanes of at least 4 members (excludes halogenated alkanes) is 40. The Hall–Kier alpha value is -3.44. The van der Waals surface area contributed by atoms with Gasteiger partial charge >= 0.3 is 11.9 Å². The van der Waals surface area contributed by atoms with Crippen LogP contribution < -0.4 is 0 Å². The van der Waals surface area contributed by atoms with Crippen molar-refractivity contribution in [2.75, 3.05) is 13.2 Å². The number of ether oxygens (including phenoxy) is 2. The van der Waals surface area contributed by atoms with E-state index in [1.54, 1.807) is 0 Å². The average Bonchev–Trinajstić information content (AvgIpc) is 3.49. The molecule has 5 nitrogen and oxygen atoms in total. The maximum atomic E-state index is 12.3. The molecule has 0 aliphatic rings. The number of allylic oxidation sites excluding steroid dienone is 18. The molecule has 0 radical (unpaired) electrons. The van der Waals surface area contributed by atoms with Crippen LogP contribution in [0.5, 0.6) is 0 Å². The van der Waals surface area contributed by atoms with Crippen LogP contribution in [0.4, 0.5) is 0 Å². The first-order valence-electron chi connectivity index (χ1n) is 35.9. The van der Waals surface area contributed by atoms with Crippen molar-refractivity contribution in [2.45, 2.75) is 360 Å². The summed E-state index contributed by atoms with van der Waals surface area (Å²) >= 11 is 0. The summed E-state index contributed by atoms with van der Waals surface area (Å²) in [5, 5.41) is 9.68. The lowest BCUT2D eigenvalue weighted by Gasteiger charge is -2.15. The molecule has 83 heavy (non-hydrogen) atoms. The van der Waals surface area contributed by atoms with Gasteiger partial charge in [-0.2, -0.15) is 0 Å². The van der Waals surface area contributed by atoms with E-state index < -0.39 is 6.10 Å². The first-order chi connectivity index (χ1) is 41.1. The molecule has 1 unspecified atom stereocenters. The number of hydrogen-bond donors (Lipinski definition) is 1. The predicted octanol–water partition coefficient (Wildman–Crippen LogP) is 25.2. The van der Waals surface area contributed by atoms with E-state index in [2.05, 4.69) is 123 Å². The van der Waals surface area contributed by atoms with Gasteiger partial charge in [-0.15, -0.1) is 0 Å². The van der Waals surface area contributed by atoms with E-state index in [1.165, 1.54) is 238 Å². The van der Waals surface area contributed by atoms with Gasteiger partial charge in [-0.1, -0.05) is 374 Å². The molecule has 0 aromatic rings. The third kappa shape index (κ3) is 71.0. The Kier molecular flexibility index (Phi) is 69.8. The van der Waals surface area contributed by atoms with Crippen LogP contribution in [-0.2, 0) is 19.1 Å². The molecule has 0 heterocycles. The van der Waals surface area contributed by atoms with Crippen molar-refractivity contribution in [1.82, 2.24) is 0 Å². The lowest BCUT2D eigenvalue weighted by molar-refractivity contribution is -0.161. The Morgan fingerprint density at radius 3 is 0.771 bits per heavy atom. The molecule has 0 rings (SSSR count). The van der Waals surface area contributed by atoms with Crippen molar-refractivity contribution < 1.29 is 24.2 Å². The number of esters is 2. The highest BCUT2D eigenvalue weighted by Crippen LogP contribution is 2.19. The smallest absolute Gasteiger partial charge is 0.306 e. The molecule has 1 atom stereocenters. The van der Waals surface area contributed by atoms with E-state index in [-0.39, 0.29) is 31.6 Å². The van der Waals surface area contributed by atoms with E-state index in [4.69, 9.17) is 9.47 Å². The Balaban J connectivity index is 3.48. The van der Waals surface area contributed by atoms with E-state index >= 15 is 0 Å². The van der Waals surface area contributed by atoms with Crippen LogP contribution in [0.25, 0.3) is 0 Å². The zero-order valence-corrected chi connectivity index (χ0v) is 54.9. The van der Waals surface area contributed by atoms with Gasteiger partial charge in [0.25, 0.3) is 0 Å². The first kappa shape index (κ1) is 79.6. The minimum Gasteiger partial charge on any atom is -0.462 e. The maximum Gasteiger partial charge on any atom is 0.306 e.